The van der Waals surface area contributed by atoms with Crippen molar-refractivity contribution in [3.05, 3.63) is 212 Å². The SMILES string of the molecule is CC(=O)[C@]1(O)Cc2c(O)c3c(c(O)c2[C@@H](O[C@H]2C[C@H](N)[C@H](O)[C@H](C)O2)C1)C(=O)c1ccccc1C3=O.COc1cccc2c1C(=O)c1c(O)c3c(c(O)c1C2=O)C[C@@](O)(C(=O)CO)C[C@@H]3O[C@H]1C[C@H](N)[C@@H](O)CO1.COc1cccc2c1C(=O)c1c(O)c3c(c(O)c1C2=O)C[C@@](O)(C(=O)CO)C[C@@H]3O[C@H]1C[C@H](N)[C@H](O)[C@H](C)O1.COc1cccc2c1C(=O)c1c(O)c3c(c(O)c1C2=O)C[C@@](O)(C(C)=O)C[C@@H]3O[C@H]1C[C@H](N)[C@H](O)CO1. The number of rotatable bonds is 17. The molecule has 26 N–H and O–H groups in total. The fourth-order valence-electron chi connectivity index (χ4n) is 22.0. The van der Waals surface area contributed by atoms with Crippen molar-refractivity contribution in [2.45, 2.75) is 238 Å². The van der Waals surface area contributed by atoms with Crippen molar-refractivity contribution in [3.8, 4) is 63.2 Å². The maximum absolute atomic E-state index is 13.6. The molecule has 796 valence electrons. The number of nitrogens with two attached hydrogens (primary N) is 4. The number of methoxy groups -OCH3 is 3. The van der Waals surface area contributed by atoms with E-state index in [9.17, 15) is 149 Å². The first-order chi connectivity index (χ1) is 70.9. The Bertz CT molecular complexity index is 6990. The van der Waals surface area contributed by atoms with E-state index in [1.165, 1.54) is 102 Å². The molecule has 4 fully saturated rings. The van der Waals surface area contributed by atoms with Crippen LogP contribution < -0.4 is 37.1 Å². The first-order valence-electron chi connectivity index (χ1n) is 47.9. The number of fused-ring (bicyclic) bond motifs is 12. The van der Waals surface area contributed by atoms with Crippen LogP contribution in [0.3, 0.4) is 0 Å². The number of aromatic hydroxyl groups is 8. The zero-order valence-electron chi connectivity index (χ0n) is 81.5. The van der Waals surface area contributed by atoms with E-state index in [1.54, 1.807) is 26.0 Å². The van der Waals surface area contributed by atoms with Gasteiger partial charge in [0.15, 0.2) is 77.2 Å². The minimum absolute atomic E-state index is 0.00588. The number of ketones is 12. The summed E-state index contributed by atoms with van der Waals surface area (Å²) in [5, 5.41) is 194. The number of phenolic OH excluding ortho intramolecular Hbond substituents is 8. The predicted octanol–water partition coefficient (Wildman–Crippen LogP) is 1.27. The molecule has 0 spiro atoms. The number of ether oxygens (including phenoxy) is 11. The molecule has 0 bridgehead atoms. The number of phenols is 8. The lowest BCUT2D eigenvalue weighted by molar-refractivity contribution is -0.247. The summed E-state index contributed by atoms with van der Waals surface area (Å²) in [6.45, 7) is 3.25. The van der Waals surface area contributed by atoms with Crippen LogP contribution in [-0.2, 0) is 82.8 Å². The average molecular weight is 2080 g/mol. The van der Waals surface area contributed by atoms with Gasteiger partial charge in [0.2, 0.25) is 17.3 Å². The maximum atomic E-state index is 13.6. The van der Waals surface area contributed by atoms with Gasteiger partial charge in [0, 0.05) is 174 Å². The molecule has 22 atom stereocenters. The summed E-state index contributed by atoms with van der Waals surface area (Å²) in [6, 6.07) is 16.5. The molecular weight excluding hydrogens is 1970 g/mol. The Hall–Kier alpha value is -13.3. The number of aliphatic hydroxyl groups excluding tert-OH is 6. The Kier molecular flexibility index (Phi) is 29.4. The number of hydrogen-bond acceptors (Lipinski definition) is 45. The smallest absolute Gasteiger partial charge is 0.202 e. The molecule has 0 saturated carbocycles. The van der Waals surface area contributed by atoms with Gasteiger partial charge in [-0.25, -0.2) is 0 Å². The molecule has 0 unspecified atom stereocenters. The number of benzene rings is 8. The summed E-state index contributed by atoms with van der Waals surface area (Å²) in [6.07, 6.45) is -17.6. The molecule has 45 heteroatoms. The molecule has 12 aliphatic rings. The van der Waals surface area contributed by atoms with E-state index in [4.69, 9.17) is 75.0 Å². The number of carbonyl (C=O) groups excluding carboxylic acids is 12. The van der Waals surface area contributed by atoms with Crippen LogP contribution in [0.1, 0.15) is 275 Å². The summed E-state index contributed by atoms with van der Waals surface area (Å²) in [4.78, 5) is 158. The highest BCUT2D eigenvalue weighted by Gasteiger charge is 2.57. The monoisotopic (exact) mass is 2080 g/mol. The van der Waals surface area contributed by atoms with E-state index < -0.39 is 333 Å². The Morgan fingerprint density at radius 1 is 0.333 bits per heavy atom. The van der Waals surface area contributed by atoms with Crippen LogP contribution in [-0.4, -0.2) is 317 Å². The second kappa shape index (κ2) is 40.8. The molecule has 150 heavy (non-hydrogen) atoms. The minimum atomic E-state index is -2.24. The number of hydrogen-bond donors (Lipinski definition) is 22. The second-order valence-corrected chi connectivity index (χ2v) is 39.4. The molecule has 4 heterocycles. The molecule has 0 radical (unpaired) electrons. The van der Waals surface area contributed by atoms with Gasteiger partial charge in [-0.3, -0.25) is 57.5 Å². The van der Waals surface area contributed by atoms with Gasteiger partial charge in [0.25, 0.3) is 0 Å². The number of aliphatic hydroxyl groups is 10. The lowest BCUT2D eigenvalue weighted by Crippen LogP contribution is -2.53. The average Bonchev–Trinajstić information content (AvgIpc) is 0.720. The zero-order chi connectivity index (χ0) is 109. The zero-order valence-corrected chi connectivity index (χ0v) is 81.5. The molecule has 8 aromatic rings. The summed E-state index contributed by atoms with van der Waals surface area (Å²) in [7, 11) is 3.98. The largest absolute Gasteiger partial charge is 0.507 e. The Balaban J connectivity index is 0.000000136. The fraction of sp³-hybridized carbons (Fsp3) is 0.429. The van der Waals surface area contributed by atoms with Crippen LogP contribution in [0.15, 0.2) is 78.9 Å². The van der Waals surface area contributed by atoms with E-state index in [0.717, 1.165) is 0 Å². The van der Waals surface area contributed by atoms with Crippen molar-refractivity contribution in [1.29, 1.82) is 0 Å². The molecule has 45 nitrogen and oxygen atoms in total. The Labute approximate surface area is 850 Å². The normalized spacial score (nSPS) is 29.6. The van der Waals surface area contributed by atoms with Crippen molar-refractivity contribution >= 4 is 69.4 Å². The maximum Gasteiger partial charge on any atom is 0.202 e. The molecule has 8 aliphatic carbocycles. The quantitative estimate of drug-likeness (QED) is 0.0571. The van der Waals surface area contributed by atoms with Gasteiger partial charge in [-0.15, -0.1) is 0 Å². The topological polar surface area (TPSA) is 775 Å². The minimum Gasteiger partial charge on any atom is -0.507 e. The fourth-order valence-corrected chi connectivity index (χ4v) is 22.0. The molecule has 20 rings (SSSR count). The highest BCUT2D eigenvalue weighted by molar-refractivity contribution is 6.34. The van der Waals surface area contributed by atoms with Crippen molar-refractivity contribution in [2.24, 2.45) is 22.9 Å². The van der Waals surface area contributed by atoms with Gasteiger partial charge in [0.05, 0.1) is 157 Å². The predicted molar refractivity (Wildman–Crippen MR) is 508 cm³/mol. The van der Waals surface area contributed by atoms with Gasteiger partial charge < -0.3 is 167 Å². The summed E-state index contributed by atoms with van der Waals surface area (Å²) in [5.74, 6) is -13.8. The summed E-state index contributed by atoms with van der Waals surface area (Å²) >= 11 is 0. The summed E-state index contributed by atoms with van der Waals surface area (Å²) in [5.41, 5.74) is 11.0. The van der Waals surface area contributed by atoms with Gasteiger partial charge in [-0.2, -0.15) is 0 Å². The van der Waals surface area contributed by atoms with Crippen LogP contribution in [0, 0.1) is 0 Å². The van der Waals surface area contributed by atoms with E-state index in [1.807, 2.05) is 0 Å². The van der Waals surface area contributed by atoms with E-state index in [0.29, 0.717) is 0 Å². The lowest BCUT2D eigenvalue weighted by atomic mass is 9.72. The van der Waals surface area contributed by atoms with Crippen LogP contribution >= 0.6 is 0 Å². The van der Waals surface area contributed by atoms with Crippen LogP contribution in [0.25, 0.3) is 0 Å². The third-order valence-corrected chi connectivity index (χ3v) is 30.2. The van der Waals surface area contributed by atoms with Gasteiger partial charge in [0.1, 0.15) is 98.9 Å². The molecule has 8 aromatic carbocycles. The van der Waals surface area contributed by atoms with Crippen LogP contribution in [0.5, 0.6) is 63.2 Å². The first-order valence-corrected chi connectivity index (χ1v) is 47.9. The van der Waals surface area contributed by atoms with E-state index >= 15 is 0 Å². The number of Topliss-reactive ketones (excluding diaryl/α,β-unsaturated/α-hetero) is 4. The third kappa shape index (κ3) is 18.2. The summed E-state index contributed by atoms with van der Waals surface area (Å²) < 4.78 is 62.2. The second-order valence-electron chi connectivity index (χ2n) is 39.4. The van der Waals surface area contributed by atoms with Crippen LogP contribution in [0.2, 0.25) is 0 Å². The standard InChI is InChI=1S/C27H29NO11.C26H27NO11.C26H27NO10.C26H27NO9/c1-10-22(31)13(28)6-17(38-10)39-15-8-27(36,16(30)9-29)7-12-19(15)26(35)21-20(24(12)33)23(32)11-4-3-5-14(37-2)18(11)25(21)34;1-36-14-4-2-3-10-18(14)24(33)21-20(22(10)31)23(32)11-6-26(35,16(30)8-28)7-15(19(11)25(21)34)38-17-5-12(27)13(29)9-37-17;1-10(28)26(34)7-12-19(16(8-26)37-17-6-13(27)14(29)9-36-17)25(33)21-20(23(12)31)22(30)11-4-3-5-15(35-2)18(11)24(21)32;1-10-21(29)15(27)7-17(35-10)36-16-9-26(34,11(2)28)8-14-18(16)25(33)20-19(24(14)32)22(30)12-5-3-4-6-13(12)23(20)31/h3-5,10,13,15,17,22,29,31,33,35-36H,6-9,28H2,1-2H3;2-4,12-13,15,17,28-29,32,34-35H,5-9,27H2,1H3;3-5,13-14,16-17,29,31,33-34H,6-9,27H2,1-2H3;3-6,10,15-17,21,29,32-34H,7-9,27H2,1-2H3/t10-,13-,15-,17-,22+,27-;12-,13-,15-,17-,26-;13-,14+,16-,17-,26-;10-,15-,16-,17-,21+,26-/m0000/s1. The van der Waals surface area contributed by atoms with Gasteiger partial charge in [-0.05, 0) is 45.9 Å². The molecule has 0 amide bonds. The van der Waals surface area contributed by atoms with Crippen molar-refractivity contribution in [3.63, 3.8) is 0 Å². The van der Waals surface area contributed by atoms with E-state index in [-0.39, 0.29) is 169 Å². The molecule has 0 aromatic heterocycles. The lowest BCUT2D eigenvalue weighted by Gasteiger charge is -2.42. The first kappa shape index (κ1) is 108. The molecule has 4 saturated heterocycles. The Morgan fingerprint density at radius 3 is 0.833 bits per heavy atom. The van der Waals surface area contributed by atoms with Crippen molar-refractivity contribution in [1.82, 2.24) is 0 Å². The van der Waals surface area contributed by atoms with E-state index in [2.05, 4.69) is 0 Å². The third-order valence-electron chi connectivity index (χ3n) is 30.2. The highest BCUT2D eigenvalue weighted by Crippen LogP contribution is 2.59. The van der Waals surface area contributed by atoms with Crippen molar-refractivity contribution < 1.29 is 202 Å². The van der Waals surface area contributed by atoms with Crippen LogP contribution in [0.4, 0.5) is 0 Å². The van der Waals surface area contributed by atoms with Crippen molar-refractivity contribution in [2.75, 3.05) is 47.8 Å². The Morgan fingerprint density at radius 2 is 0.573 bits per heavy atom. The highest BCUT2D eigenvalue weighted by atomic mass is 16.7. The van der Waals surface area contributed by atoms with Gasteiger partial charge in [-0.1, -0.05) is 60.7 Å². The van der Waals surface area contributed by atoms with Gasteiger partial charge >= 0.3 is 0 Å². The molecule has 4 aliphatic heterocycles. The molecular formula is C105H110N4O41. The number of carbonyl (C=O) groups is 12.